The van der Waals surface area contributed by atoms with Crippen molar-refractivity contribution in [3.8, 4) is 0 Å². The SMILES string of the molecule is CC(C)CC(=O)NCCC1(c2ccc3c(c2)CC(=O)N3C)OCCO1. The van der Waals surface area contributed by atoms with Crippen LogP contribution in [0.15, 0.2) is 18.2 Å². The molecule has 2 aliphatic rings. The van der Waals surface area contributed by atoms with Crippen LogP contribution in [0.3, 0.4) is 0 Å². The monoisotopic (exact) mass is 346 g/mol. The Morgan fingerprint density at radius 1 is 1.32 bits per heavy atom. The zero-order chi connectivity index (χ0) is 18.0. The fraction of sp³-hybridized carbons (Fsp3) is 0.579. The summed E-state index contributed by atoms with van der Waals surface area (Å²) in [5.74, 6) is -0.372. The average molecular weight is 346 g/mol. The van der Waals surface area contributed by atoms with E-state index in [4.69, 9.17) is 9.47 Å². The second-order valence-corrected chi connectivity index (χ2v) is 7.12. The molecule has 25 heavy (non-hydrogen) atoms. The number of ether oxygens (including phenoxy) is 2. The van der Waals surface area contributed by atoms with Gasteiger partial charge in [0.15, 0.2) is 5.79 Å². The van der Waals surface area contributed by atoms with Crippen molar-refractivity contribution in [3.05, 3.63) is 29.3 Å². The minimum atomic E-state index is -0.843. The van der Waals surface area contributed by atoms with Gasteiger partial charge in [-0.2, -0.15) is 0 Å². The molecule has 0 atom stereocenters. The molecule has 0 spiro atoms. The van der Waals surface area contributed by atoms with Crippen LogP contribution in [0.5, 0.6) is 0 Å². The summed E-state index contributed by atoms with van der Waals surface area (Å²) >= 11 is 0. The van der Waals surface area contributed by atoms with Crippen molar-refractivity contribution >= 4 is 17.5 Å². The number of hydrogen-bond acceptors (Lipinski definition) is 4. The molecule has 1 fully saturated rings. The maximum atomic E-state index is 11.9. The highest BCUT2D eigenvalue weighted by Gasteiger charge is 2.39. The highest BCUT2D eigenvalue weighted by Crippen LogP contribution is 2.38. The van der Waals surface area contributed by atoms with E-state index in [0.29, 0.717) is 44.9 Å². The van der Waals surface area contributed by atoms with Crippen molar-refractivity contribution in [2.24, 2.45) is 5.92 Å². The molecule has 0 radical (unpaired) electrons. The second kappa shape index (κ2) is 7.14. The number of nitrogens with one attached hydrogen (secondary N) is 1. The standard InChI is InChI=1S/C19H26N2O4/c1-13(2)10-17(22)20-7-6-19(24-8-9-25-19)15-4-5-16-14(11-15)12-18(23)21(16)3/h4-5,11,13H,6-10,12H2,1-3H3,(H,20,22). The summed E-state index contributed by atoms with van der Waals surface area (Å²) in [6.07, 6.45) is 1.46. The molecule has 6 heteroatoms. The predicted octanol–water partition coefficient (Wildman–Crippen LogP) is 1.96. The molecule has 2 aliphatic heterocycles. The number of nitrogens with zero attached hydrogens (tertiary/aromatic N) is 1. The van der Waals surface area contributed by atoms with Gasteiger partial charge >= 0.3 is 0 Å². The summed E-state index contributed by atoms with van der Waals surface area (Å²) in [5, 5.41) is 2.94. The van der Waals surface area contributed by atoms with E-state index in [1.165, 1.54) is 0 Å². The summed E-state index contributed by atoms with van der Waals surface area (Å²) in [7, 11) is 1.79. The van der Waals surface area contributed by atoms with Crippen molar-refractivity contribution in [2.75, 3.05) is 31.7 Å². The van der Waals surface area contributed by atoms with Crippen LogP contribution in [-0.2, 0) is 31.3 Å². The lowest BCUT2D eigenvalue weighted by molar-refractivity contribution is -0.170. The number of fused-ring (bicyclic) bond motifs is 1. The van der Waals surface area contributed by atoms with Crippen LogP contribution in [-0.4, -0.2) is 38.6 Å². The second-order valence-electron chi connectivity index (χ2n) is 7.12. The van der Waals surface area contributed by atoms with E-state index in [0.717, 1.165) is 16.8 Å². The van der Waals surface area contributed by atoms with Gasteiger partial charge in [-0.05, 0) is 23.6 Å². The van der Waals surface area contributed by atoms with E-state index in [1.807, 2.05) is 32.0 Å². The molecule has 3 rings (SSSR count). The van der Waals surface area contributed by atoms with E-state index in [2.05, 4.69) is 5.32 Å². The first kappa shape index (κ1) is 17.9. The molecule has 1 aromatic rings. The summed E-state index contributed by atoms with van der Waals surface area (Å²) < 4.78 is 11.9. The van der Waals surface area contributed by atoms with Crippen molar-refractivity contribution < 1.29 is 19.1 Å². The number of carbonyl (C=O) groups is 2. The van der Waals surface area contributed by atoms with Gasteiger partial charge in [0.25, 0.3) is 0 Å². The summed E-state index contributed by atoms with van der Waals surface area (Å²) in [4.78, 5) is 25.4. The Labute approximate surface area is 148 Å². The number of rotatable bonds is 6. The van der Waals surface area contributed by atoms with E-state index in [9.17, 15) is 9.59 Å². The Kier molecular flexibility index (Phi) is 5.11. The largest absolute Gasteiger partial charge is 0.356 e. The fourth-order valence-electron chi connectivity index (χ4n) is 3.43. The number of amides is 2. The molecule has 0 aromatic heterocycles. The van der Waals surface area contributed by atoms with Crippen LogP contribution in [0.25, 0.3) is 0 Å². The molecule has 0 saturated carbocycles. The zero-order valence-electron chi connectivity index (χ0n) is 15.1. The Balaban J connectivity index is 1.72. The number of carbonyl (C=O) groups excluding carboxylic acids is 2. The maximum absolute atomic E-state index is 11.9. The van der Waals surface area contributed by atoms with E-state index >= 15 is 0 Å². The molecule has 1 aromatic carbocycles. The average Bonchev–Trinajstić information content (AvgIpc) is 3.13. The van der Waals surface area contributed by atoms with Gasteiger partial charge in [0.2, 0.25) is 11.8 Å². The van der Waals surface area contributed by atoms with Crippen molar-refractivity contribution in [3.63, 3.8) is 0 Å². The first-order chi connectivity index (χ1) is 11.9. The van der Waals surface area contributed by atoms with Gasteiger partial charge in [-0.3, -0.25) is 9.59 Å². The van der Waals surface area contributed by atoms with Gasteiger partial charge in [-0.1, -0.05) is 19.9 Å². The molecule has 1 saturated heterocycles. The van der Waals surface area contributed by atoms with Crippen LogP contribution >= 0.6 is 0 Å². The van der Waals surface area contributed by atoms with Crippen molar-refractivity contribution in [2.45, 2.75) is 38.9 Å². The van der Waals surface area contributed by atoms with Gasteiger partial charge in [-0.25, -0.2) is 0 Å². The normalized spacial score (nSPS) is 18.7. The van der Waals surface area contributed by atoms with E-state index in [-0.39, 0.29) is 11.8 Å². The third-order valence-corrected chi connectivity index (χ3v) is 4.72. The zero-order valence-corrected chi connectivity index (χ0v) is 15.1. The Bertz CT molecular complexity index is 665. The minimum Gasteiger partial charge on any atom is -0.356 e. The summed E-state index contributed by atoms with van der Waals surface area (Å²) in [6, 6.07) is 5.90. The quantitative estimate of drug-likeness (QED) is 0.855. The topological polar surface area (TPSA) is 67.9 Å². The first-order valence-electron chi connectivity index (χ1n) is 8.86. The number of benzene rings is 1. The van der Waals surface area contributed by atoms with Gasteiger partial charge in [-0.15, -0.1) is 0 Å². The summed E-state index contributed by atoms with van der Waals surface area (Å²) in [5.41, 5.74) is 2.84. The molecule has 2 heterocycles. The number of hydrogen-bond donors (Lipinski definition) is 1. The molecule has 0 unspecified atom stereocenters. The van der Waals surface area contributed by atoms with Crippen LogP contribution in [0.4, 0.5) is 5.69 Å². The van der Waals surface area contributed by atoms with Crippen molar-refractivity contribution in [1.82, 2.24) is 5.32 Å². The van der Waals surface area contributed by atoms with E-state index in [1.54, 1.807) is 11.9 Å². The molecule has 6 nitrogen and oxygen atoms in total. The Morgan fingerprint density at radius 2 is 2.04 bits per heavy atom. The molecule has 2 amide bonds. The molecule has 1 N–H and O–H groups in total. The van der Waals surface area contributed by atoms with E-state index < -0.39 is 5.79 Å². The number of likely N-dealkylation sites (N-methyl/N-ethyl adjacent to an activating group) is 1. The van der Waals surface area contributed by atoms with Crippen LogP contribution < -0.4 is 10.2 Å². The molecular formula is C19H26N2O4. The lowest BCUT2D eigenvalue weighted by Crippen LogP contribution is -2.34. The highest BCUT2D eigenvalue weighted by molar-refractivity contribution is 6.00. The van der Waals surface area contributed by atoms with Gasteiger partial charge in [0, 0.05) is 37.7 Å². The van der Waals surface area contributed by atoms with Gasteiger partial charge in [0.1, 0.15) is 0 Å². The van der Waals surface area contributed by atoms with Crippen LogP contribution in [0.1, 0.15) is 37.8 Å². The lowest BCUT2D eigenvalue weighted by atomic mass is 9.98. The van der Waals surface area contributed by atoms with Crippen LogP contribution in [0, 0.1) is 5.92 Å². The smallest absolute Gasteiger partial charge is 0.231 e. The summed E-state index contributed by atoms with van der Waals surface area (Å²) in [6.45, 7) is 5.58. The molecule has 0 aliphatic carbocycles. The third kappa shape index (κ3) is 3.70. The predicted molar refractivity (Wildman–Crippen MR) is 94.2 cm³/mol. The molecule has 136 valence electrons. The lowest BCUT2D eigenvalue weighted by Gasteiger charge is -2.28. The van der Waals surface area contributed by atoms with Gasteiger partial charge in [0.05, 0.1) is 19.6 Å². The Morgan fingerprint density at radius 3 is 2.72 bits per heavy atom. The highest BCUT2D eigenvalue weighted by atomic mass is 16.7. The first-order valence-corrected chi connectivity index (χ1v) is 8.86. The van der Waals surface area contributed by atoms with Crippen LogP contribution in [0.2, 0.25) is 0 Å². The Hall–Kier alpha value is -1.92. The number of anilines is 1. The van der Waals surface area contributed by atoms with Crippen molar-refractivity contribution in [1.29, 1.82) is 0 Å². The minimum absolute atomic E-state index is 0.0457. The maximum Gasteiger partial charge on any atom is 0.231 e. The third-order valence-electron chi connectivity index (χ3n) is 4.72. The van der Waals surface area contributed by atoms with Gasteiger partial charge < -0.3 is 19.7 Å². The molecular weight excluding hydrogens is 320 g/mol. The fourth-order valence-corrected chi connectivity index (χ4v) is 3.43. The molecule has 0 bridgehead atoms.